The number of phenolic OH excluding ortho intramolecular Hbond substituents is 2. The van der Waals surface area contributed by atoms with Crippen LogP contribution in [0, 0.1) is 0 Å². The predicted molar refractivity (Wildman–Crippen MR) is 335 cm³/mol. The molecule has 0 radical (unpaired) electrons. The van der Waals surface area contributed by atoms with Crippen LogP contribution in [0.15, 0.2) is 97.1 Å². The lowest BCUT2D eigenvalue weighted by atomic mass is 9.79. The maximum Gasteiger partial charge on any atom is 0.126 e. The number of aromatic hydroxyl groups is 2. The maximum absolute atomic E-state index is 12.8. The Hall–Kier alpha value is -6.48. The molecule has 6 aromatic carbocycles. The van der Waals surface area contributed by atoms with Crippen molar-refractivity contribution in [2.24, 2.45) is 0 Å². The molecule has 0 saturated carbocycles. The summed E-state index contributed by atoms with van der Waals surface area (Å²) in [5.41, 5.74) is 10.5. The number of ether oxygens (including phenoxy) is 11. The second-order valence-corrected chi connectivity index (χ2v) is 26.3. The molecular weight excluding hydrogens is 1070 g/mol. The third-order valence-corrected chi connectivity index (χ3v) is 15.3. The molecule has 2 N–H and O–H groups in total. The van der Waals surface area contributed by atoms with Crippen LogP contribution in [0.3, 0.4) is 0 Å². The van der Waals surface area contributed by atoms with E-state index in [2.05, 4.69) is 132 Å². The number of phenols is 2. The molecule has 5 aliphatic rings. The van der Waals surface area contributed by atoms with E-state index in [1.54, 1.807) is 0 Å². The van der Waals surface area contributed by atoms with Crippen LogP contribution in [0.5, 0.6) is 46.0 Å². The summed E-state index contributed by atoms with van der Waals surface area (Å²) in [4.78, 5) is 0. The van der Waals surface area contributed by atoms with E-state index >= 15 is 0 Å². The van der Waals surface area contributed by atoms with Crippen LogP contribution < -0.4 is 28.4 Å². The molecule has 0 saturated heterocycles. The number of benzene rings is 6. The van der Waals surface area contributed by atoms with Crippen LogP contribution in [0.25, 0.3) is 0 Å². The third-order valence-electron chi connectivity index (χ3n) is 15.3. The molecule has 0 fully saturated rings. The zero-order valence-corrected chi connectivity index (χ0v) is 52.8. The summed E-state index contributed by atoms with van der Waals surface area (Å²) in [7, 11) is 0. The average Bonchev–Trinajstić information content (AvgIpc) is 1.14. The molecule has 0 unspecified atom stereocenters. The van der Waals surface area contributed by atoms with Gasteiger partial charge in [0.2, 0.25) is 0 Å². The monoisotopic (exact) mass is 1170 g/mol. The number of fused-ring (bicyclic) bond motifs is 2. The van der Waals surface area contributed by atoms with Crippen LogP contribution in [0.2, 0.25) is 0 Å². The average molecular weight is 1170 g/mol. The van der Waals surface area contributed by atoms with Crippen molar-refractivity contribution in [3.63, 3.8) is 0 Å². The van der Waals surface area contributed by atoms with Crippen molar-refractivity contribution in [2.45, 2.75) is 130 Å². The smallest absolute Gasteiger partial charge is 0.126 e. The first kappa shape index (κ1) is 64.5. The van der Waals surface area contributed by atoms with Crippen molar-refractivity contribution in [2.75, 3.05) is 106 Å². The SMILES string of the molecule is CC(C)(C)c1cc2c(O)c(c1)Cc1cc(C(C)(C)C)cc3c1OCCOCCOc1ccc(cc1)OCCOCCOCCOCCOc1ccc(cc1)OCCOCCOc1c(cc(C(C)(C)C)cc1Cc1cc(C(C)(C)C)cc(c1O)C3)C2. The van der Waals surface area contributed by atoms with E-state index in [-0.39, 0.29) is 46.4 Å². The number of hydrogen-bond donors (Lipinski definition) is 2. The van der Waals surface area contributed by atoms with Crippen molar-refractivity contribution < 1.29 is 62.3 Å². The van der Waals surface area contributed by atoms with E-state index in [0.717, 1.165) is 89.8 Å². The molecule has 4 aliphatic heterocycles. The third kappa shape index (κ3) is 18.8. The van der Waals surface area contributed by atoms with Crippen molar-refractivity contribution >= 4 is 0 Å². The van der Waals surface area contributed by atoms with E-state index in [0.29, 0.717) is 130 Å². The predicted octanol–water partition coefficient (Wildman–Crippen LogP) is 13.7. The topological polar surface area (TPSA) is 142 Å². The molecule has 0 spiro atoms. The molecule has 13 nitrogen and oxygen atoms in total. The first-order valence-corrected chi connectivity index (χ1v) is 30.4. The molecule has 0 aromatic heterocycles. The lowest BCUT2D eigenvalue weighted by Crippen LogP contribution is -2.18. The van der Waals surface area contributed by atoms with Crippen LogP contribution in [0.4, 0.5) is 0 Å². The normalized spacial score (nSPS) is 16.7. The zero-order chi connectivity index (χ0) is 60.8. The molecule has 0 atom stereocenters. The summed E-state index contributed by atoms with van der Waals surface area (Å²) in [6.07, 6.45) is 1.57. The minimum atomic E-state index is -0.248. The quantitative estimate of drug-likeness (QED) is 0.149. The highest BCUT2D eigenvalue weighted by atomic mass is 16.6. The second kappa shape index (κ2) is 29.3. The lowest BCUT2D eigenvalue weighted by Gasteiger charge is -2.28. The molecule has 14 bridgehead atoms. The second-order valence-electron chi connectivity index (χ2n) is 26.3. The van der Waals surface area contributed by atoms with Crippen molar-refractivity contribution in [3.05, 3.63) is 164 Å². The van der Waals surface area contributed by atoms with Gasteiger partial charge in [-0.15, -0.1) is 0 Å². The molecule has 0 amide bonds. The fourth-order valence-corrected chi connectivity index (χ4v) is 10.3. The van der Waals surface area contributed by atoms with E-state index in [1.165, 1.54) is 0 Å². The van der Waals surface area contributed by atoms with E-state index < -0.39 is 0 Å². The Morgan fingerprint density at radius 1 is 0.247 bits per heavy atom. The molecule has 1 aliphatic carbocycles. The molecule has 6 aromatic rings. The van der Waals surface area contributed by atoms with Crippen LogP contribution >= 0.6 is 0 Å². The Kier molecular flexibility index (Phi) is 22.2. The zero-order valence-electron chi connectivity index (χ0n) is 52.8. The van der Waals surface area contributed by atoms with Gasteiger partial charge in [-0.2, -0.15) is 0 Å². The standard InChI is InChI=1S/C72H94O13/c1-69(2,3)57-41-49-37-53-45-59(71(7,8)9)47-55-39-51-43-58(70(4,5)6)44-52(66(51)74)40-56-48-60(72(10,11)12)46-54(38-50(42-57)65(49)73)68(56)85-36-30-79-28-34-83-64-19-15-62(16-20-64)81-32-26-77-24-22-75-21-23-76-25-31-80-61-13-17-63(18-14-61)82-33-27-78-29-35-84-67(53)55/h13-20,41-48,73-74H,21-40H2,1-12H3. The molecule has 460 valence electrons. The summed E-state index contributed by atoms with van der Waals surface area (Å²) >= 11 is 0. The molecular formula is C72H94O13. The van der Waals surface area contributed by atoms with Crippen molar-refractivity contribution in [3.8, 4) is 46.0 Å². The van der Waals surface area contributed by atoms with Gasteiger partial charge in [-0.3, -0.25) is 0 Å². The lowest BCUT2D eigenvalue weighted by molar-refractivity contribution is 0.00498. The Morgan fingerprint density at radius 2 is 0.424 bits per heavy atom. The minimum Gasteiger partial charge on any atom is -0.507 e. The van der Waals surface area contributed by atoms with Gasteiger partial charge in [-0.25, -0.2) is 0 Å². The first-order chi connectivity index (χ1) is 40.5. The highest BCUT2D eigenvalue weighted by Gasteiger charge is 2.29. The van der Waals surface area contributed by atoms with E-state index in [1.807, 2.05) is 48.5 Å². The van der Waals surface area contributed by atoms with Crippen LogP contribution in [-0.2, 0) is 71.0 Å². The Morgan fingerprint density at radius 3 is 0.624 bits per heavy atom. The minimum absolute atomic E-state index is 0.239. The molecule has 4 heterocycles. The van der Waals surface area contributed by atoms with Gasteiger partial charge in [-0.1, -0.05) is 132 Å². The largest absolute Gasteiger partial charge is 0.507 e. The maximum atomic E-state index is 12.8. The summed E-state index contributed by atoms with van der Waals surface area (Å²) in [5.74, 6) is 4.78. The number of hydrogen-bond acceptors (Lipinski definition) is 13. The summed E-state index contributed by atoms with van der Waals surface area (Å²) < 4.78 is 67.1. The molecule has 13 heteroatoms. The Labute approximate surface area is 506 Å². The van der Waals surface area contributed by atoms with Gasteiger partial charge < -0.3 is 62.3 Å². The van der Waals surface area contributed by atoms with E-state index in [9.17, 15) is 10.2 Å². The summed E-state index contributed by atoms with van der Waals surface area (Å²) in [5, 5.41) is 25.6. The van der Waals surface area contributed by atoms with Crippen molar-refractivity contribution in [1.29, 1.82) is 0 Å². The van der Waals surface area contributed by atoms with E-state index in [4.69, 9.17) is 52.1 Å². The number of rotatable bonds is 0. The summed E-state index contributed by atoms with van der Waals surface area (Å²) in [6.45, 7) is 32.7. The summed E-state index contributed by atoms with van der Waals surface area (Å²) in [6, 6.07) is 32.6. The molecule has 11 rings (SSSR count). The van der Waals surface area contributed by atoms with Crippen molar-refractivity contribution in [1.82, 2.24) is 0 Å². The van der Waals surface area contributed by atoms with Gasteiger partial charge in [0.25, 0.3) is 0 Å². The highest BCUT2D eigenvalue weighted by molar-refractivity contribution is 5.59. The highest BCUT2D eigenvalue weighted by Crippen LogP contribution is 2.44. The molecule has 85 heavy (non-hydrogen) atoms. The van der Waals surface area contributed by atoms with Gasteiger partial charge >= 0.3 is 0 Å². The first-order valence-electron chi connectivity index (χ1n) is 30.4. The fourth-order valence-electron chi connectivity index (χ4n) is 10.3. The Bertz CT molecular complexity index is 2790. The van der Waals surface area contributed by atoms with Gasteiger partial charge in [0.1, 0.15) is 85.6 Å². The van der Waals surface area contributed by atoms with Gasteiger partial charge in [-0.05, 0) is 137 Å². The fraction of sp³-hybridized carbons (Fsp3) is 0.500. The van der Waals surface area contributed by atoms with Gasteiger partial charge in [0.15, 0.2) is 0 Å². The Balaban J connectivity index is 1.15. The van der Waals surface area contributed by atoms with Crippen LogP contribution in [0.1, 0.15) is 150 Å². The van der Waals surface area contributed by atoms with Crippen LogP contribution in [-0.4, -0.2) is 116 Å². The van der Waals surface area contributed by atoms with Gasteiger partial charge in [0.05, 0.1) is 66.1 Å². The van der Waals surface area contributed by atoms with Gasteiger partial charge in [0, 0.05) is 25.7 Å².